The Morgan fingerprint density at radius 1 is 0.571 bits per heavy atom. The van der Waals surface area contributed by atoms with E-state index < -0.39 is 0 Å². The molecule has 0 saturated carbocycles. The van der Waals surface area contributed by atoms with Crippen LogP contribution in [0, 0.1) is 5.92 Å². The van der Waals surface area contributed by atoms with E-state index in [-0.39, 0.29) is 6.61 Å². The maximum atomic E-state index is 10.5. The summed E-state index contributed by atoms with van der Waals surface area (Å²) in [6, 6.07) is 50.0. The van der Waals surface area contributed by atoms with Crippen molar-refractivity contribution < 1.29 is 14.6 Å². The normalized spacial score (nSPS) is 12.1. The minimum absolute atomic E-state index is 0.0726. The quantitative estimate of drug-likeness (QED) is 0.0891. The summed E-state index contributed by atoms with van der Waals surface area (Å²) in [6.45, 7) is 5.08. The fourth-order valence-electron chi connectivity index (χ4n) is 6.65. The zero-order valence-electron chi connectivity index (χ0n) is 32.9. The van der Waals surface area contributed by atoms with Gasteiger partial charge >= 0.3 is 0 Å². The number of methoxy groups -OCH3 is 1. The molecule has 0 fully saturated rings. The summed E-state index contributed by atoms with van der Waals surface area (Å²) >= 11 is 0. The Hall–Kier alpha value is -6.10. The summed E-state index contributed by atoms with van der Waals surface area (Å²) in [5.41, 5.74) is 10.3. The second kappa shape index (κ2) is 20.5. The molecule has 6 aromatic carbocycles. The molecule has 4 heteroatoms. The van der Waals surface area contributed by atoms with Gasteiger partial charge in [-0.25, -0.2) is 0 Å². The monoisotopic (exact) mass is 739 g/mol. The third-order valence-electron chi connectivity index (χ3n) is 10.1. The highest BCUT2D eigenvalue weighted by atomic mass is 16.5. The van der Waals surface area contributed by atoms with E-state index in [1.54, 1.807) is 7.11 Å². The van der Waals surface area contributed by atoms with Crippen LogP contribution in [0.4, 0.5) is 17.1 Å². The van der Waals surface area contributed by atoms with Crippen LogP contribution in [0.5, 0.6) is 11.5 Å². The molecule has 6 aromatic rings. The number of ether oxygens (including phenoxy) is 2. The fourth-order valence-corrected chi connectivity index (χ4v) is 6.65. The van der Waals surface area contributed by atoms with Crippen molar-refractivity contribution in [2.45, 2.75) is 46.1 Å². The first-order valence-corrected chi connectivity index (χ1v) is 19.8. The van der Waals surface area contributed by atoms with Crippen molar-refractivity contribution in [3.63, 3.8) is 0 Å². The number of nitrogens with zero attached hydrogens (tertiary/aromatic N) is 1. The van der Waals surface area contributed by atoms with E-state index in [0.29, 0.717) is 12.5 Å². The summed E-state index contributed by atoms with van der Waals surface area (Å²) in [6.07, 6.45) is 17.3. The lowest BCUT2D eigenvalue weighted by molar-refractivity contribution is 0.232. The van der Waals surface area contributed by atoms with Crippen LogP contribution in [0.2, 0.25) is 0 Å². The molecule has 0 aliphatic heterocycles. The summed E-state index contributed by atoms with van der Waals surface area (Å²) in [5.74, 6) is 2.15. The zero-order valence-corrected chi connectivity index (χ0v) is 32.9. The molecule has 4 nitrogen and oxygen atoms in total. The molecule has 6 rings (SSSR count). The Balaban J connectivity index is 1.27. The molecule has 284 valence electrons. The standard InChI is InChI=1S/C52H53NO3/c1-4-6-13-40(5-2)39-56-52-37-45(47(38-54)36-46(52)27-21-42-16-11-8-12-17-42)26-20-44-24-30-49(31-25-44)53(50-32-34-51(55-3)35-33-50)48-28-22-43(23-29-48)19-18-41-14-9-7-10-15-41/h7-12,14-37,40,54H,4-6,13,38-39H2,1-3H3. The molecule has 0 radical (unpaired) electrons. The number of hydrogen-bond acceptors (Lipinski definition) is 4. The van der Waals surface area contributed by atoms with E-state index in [0.717, 1.165) is 74.8 Å². The van der Waals surface area contributed by atoms with Gasteiger partial charge < -0.3 is 19.5 Å². The molecule has 0 aliphatic rings. The molecule has 0 amide bonds. The van der Waals surface area contributed by atoms with Gasteiger partial charge in [-0.2, -0.15) is 0 Å². The molecular formula is C52H53NO3. The van der Waals surface area contributed by atoms with Crippen molar-refractivity contribution in [1.82, 2.24) is 0 Å². The van der Waals surface area contributed by atoms with Crippen LogP contribution in [-0.4, -0.2) is 18.8 Å². The minimum Gasteiger partial charge on any atom is -0.497 e. The molecule has 1 N–H and O–H groups in total. The molecule has 0 saturated heterocycles. The van der Waals surface area contributed by atoms with Crippen molar-refractivity contribution in [2.75, 3.05) is 18.6 Å². The molecule has 0 heterocycles. The van der Waals surface area contributed by atoms with Gasteiger partial charge in [-0.1, -0.05) is 154 Å². The highest BCUT2D eigenvalue weighted by Gasteiger charge is 2.14. The zero-order chi connectivity index (χ0) is 39.0. The Labute approximate surface area is 333 Å². The first-order valence-electron chi connectivity index (χ1n) is 19.8. The van der Waals surface area contributed by atoms with Crippen molar-refractivity contribution in [3.05, 3.63) is 185 Å². The maximum absolute atomic E-state index is 10.5. The lowest BCUT2D eigenvalue weighted by Crippen LogP contribution is -2.12. The first kappa shape index (κ1) is 39.6. The first-order chi connectivity index (χ1) is 27.6. The minimum atomic E-state index is -0.0726. The summed E-state index contributed by atoms with van der Waals surface area (Å²) in [5, 5.41) is 10.5. The Morgan fingerprint density at radius 2 is 1.05 bits per heavy atom. The predicted molar refractivity (Wildman–Crippen MR) is 239 cm³/mol. The van der Waals surface area contributed by atoms with Crippen LogP contribution in [0.15, 0.2) is 146 Å². The lowest BCUT2D eigenvalue weighted by atomic mass is 9.99. The van der Waals surface area contributed by atoms with E-state index in [1.807, 2.05) is 36.4 Å². The van der Waals surface area contributed by atoms with Gasteiger partial charge in [0.05, 0.1) is 20.3 Å². The van der Waals surface area contributed by atoms with Crippen molar-refractivity contribution in [2.24, 2.45) is 5.92 Å². The molecule has 0 aromatic heterocycles. The summed E-state index contributed by atoms with van der Waals surface area (Å²) < 4.78 is 12.0. The van der Waals surface area contributed by atoms with Crippen LogP contribution in [0.25, 0.3) is 36.5 Å². The van der Waals surface area contributed by atoms with E-state index in [4.69, 9.17) is 9.47 Å². The van der Waals surface area contributed by atoms with Gasteiger partial charge in [0.2, 0.25) is 0 Å². The van der Waals surface area contributed by atoms with E-state index in [1.165, 1.54) is 18.4 Å². The predicted octanol–water partition coefficient (Wildman–Crippen LogP) is 13.8. The summed E-state index contributed by atoms with van der Waals surface area (Å²) in [4.78, 5) is 2.25. The maximum Gasteiger partial charge on any atom is 0.127 e. The second-order valence-corrected chi connectivity index (χ2v) is 14.0. The number of aliphatic hydroxyl groups excluding tert-OH is 1. The average molecular weight is 740 g/mol. The van der Waals surface area contributed by atoms with Gasteiger partial charge in [-0.05, 0) is 106 Å². The Kier molecular flexibility index (Phi) is 14.5. The van der Waals surface area contributed by atoms with E-state index in [9.17, 15) is 5.11 Å². The molecule has 1 unspecified atom stereocenters. The number of aliphatic hydroxyl groups is 1. The van der Waals surface area contributed by atoms with Crippen LogP contribution in [0.1, 0.15) is 78.5 Å². The molecule has 0 aliphatic carbocycles. The van der Waals surface area contributed by atoms with E-state index in [2.05, 4.69) is 164 Å². The number of anilines is 3. The fraction of sp³-hybridized carbons (Fsp3) is 0.192. The molecule has 1 atom stereocenters. The number of unbranched alkanes of at least 4 members (excludes halogenated alkanes) is 1. The van der Waals surface area contributed by atoms with Crippen molar-refractivity contribution in [1.29, 1.82) is 0 Å². The van der Waals surface area contributed by atoms with Crippen LogP contribution in [-0.2, 0) is 6.61 Å². The van der Waals surface area contributed by atoms with Crippen molar-refractivity contribution in [3.8, 4) is 11.5 Å². The average Bonchev–Trinajstić information content (AvgIpc) is 3.26. The molecule has 0 spiro atoms. The van der Waals surface area contributed by atoms with Gasteiger partial charge in [-0.3, -0.25) is 0 Å². The topological polar surface area (TPSA) is 41.9 Å². The molecule has 56 heavy (non-hydrogen) atoms. The van der Waals surface area contributed by atoms with Gasteiger partial charge in [0.25, 0.3) is 0 Å². The summed E-state index contributed by atoms with van der Waals surface area (Å²) in [7, 11) is 1.69. The smallest absolute Gasteiger partial charge is 0.127 e. The van der Waals surface area contributed by atoms with Crippen LogP contribution >= 0.6 is 0 Å². The lowest BCUT2D eigenvalue weighted by Gasteiger charge is -2.26. The van der Waals surface area contributed by atoms with Gasteiger partial charge in [-0.15, -0.1) is 0 Å². The van der Waals surface area contributed by atoms with Gasteiger partial charge in [0.15, 0.2) is 0 Å². The van der Waals surface area contributed by atoms with Gasteiger partial charge in [0.1, 0.15) is 11.5 Å². The molecule has 0 bridgehead atoms. The van der Waals surface area contributed by atoms with Crippen molar-refractivity contribution >= 4 is 53.5 Å². The highest BCUT2D eigenvalue weighted by Crippen LogP contribution is 2.36. The molecular weight excluding hydrogens is 687 g/mol. The van der Waals surface area contributed by atoms with Gasteiger partial charge in [0, 0.05) is 22.6 Å². The number of rotatable bonds is 18. The Bertz CT molecular complexity index is 2170. The second-order valence-electron chi connectivity index (χ2n) is 14.0. The third kappa shape index (κ3) is 11.0. The van der Waals surface area contributed by atoms with Crippen LogP contribution < -0.4 is 14.4 Å². The van der Waals surface area contributed by atoms with E-state index >= 15 is 0 Å². The van der Waals surface area contributed by atoms with Crippen LogP contribution in [0.3, 0.4) is 0 Å². The largest absolute Gasteiger partial charge is 0.497 e. The SMILES string of the molecule is CCCCC(CC)COc1cc(C=Cc2ccc(N(c3ccc(C=Cc4ccccc4)cc3)c3ccc(OC)cc3)cc2)c(CO)cc1C=Cc1ccccc1. The third-order valence-corrected chi connectivity index (χ3v) is 10.1. The highest BCUT2D eigenvalue weighted by molar-refractivity contribution is 5.81. The Morgan fingerprint density at radius 3 is 1.54 bits per heavy atom. The number of hydrogen-bond donors (Lipinski definition) is 1. The number of benzene rings is 6.